The molecule has 0 aliphatic carbocycles. The lowest BCUT2D eigenvalue weighted by molar-refractivity contribution is -0.0988. The van der Waals surface area contributed by atoms with E-state index in [2.05, 4.69) is 5.10 Å². The molecule has 3 aliphatic rings. The molecule has 1 spiro atoms. The average Bonchev–Trinajstić information content (AvgIpc) is 3.23. The number of carbonyl (C=O) groups excluding carboxylic acids is 1. The van der Waals surface area contributed by atoms with Crippen molar-refractivity contribution in [2.24, 2.45) is 0 Å². The van der Waals surface area contributed by atoms with Gasteiger partial charge in [0.15, 0.2) is 0 Å². The number of carbonyl (C=O) groups is 1. The highest BCUT2D eigenvalue weighted by Crippen LogP contribution is 2.47. The first-order chi connectivity index (χ1) is 12.8. The van der Waals surface area contributed by atoms with Crippen molar-refractivity contribution in [2.75, 3.05) is 19.6 Å². The lowest BCUT2D eigenvalue weighted by Crippen LogP contribution is -2.56. The number of sulfonamides is 1. The molecule has 1 amide bonds. The van der Waals surface area contributed by atoms with Crippen molar-refractivity contribution >= 4 is 21.4 Å². The maximum absolute atomic E-state index is 13.2. The normalized spacial score (nSPS) is 32.3. The van der Waals surface area contributed by atoms with Gasteiger partial charge in [-0.2, -0.15) is 9.40 Å². The zero-order valence-electron chi connectivity index (χ0n) is 15.3. The average molecular weight is 390 g/mol. The fourth-order valence-corrected chi connectivity index (χ4v) is 7.31. The van der Waals surface area contributed by atoms with Gasteiger partial charge in [0.25, 0.3) is 5.91 Å². The van der Waals surface area contributed by atoms with Gasteiger partial charge in [-0.05, 0) is 32.4 Å². The van der Waals surface area contributed by atoms with Crippen molar-refractivity contribution < 1.29 is 17.9 Å². The minimum Gasteiger partial charge on any atom is -0.365 e. The molecule has 0 radical (unpaired) electrons. The largest absolute Gasteiger partial charge is 0.365 e. The summed E-state index contributed by atoms with van der Waals surface area (Å²) in [4.78, 5) is 15.0. The van der Waals surface area contributed by atoms with Crippen LogP contribution in [0.25, 0.3) is 5.52 Å². The number of amides is 1. The van der Waals surface area contributed by atoms with E-state index in [0.717, 1.165) is 5.52 Å². The van der Waals surface area contributed by atoms with Crippen molar-refractivity contribution in [3.8, 4) is 0 Å². The second-order valence-corrected chi connectivity index (χ2v) is 10.1. The number of morpholine rings is 1. The number of ether oxygens (including phenoxy) is 1. The zero-order valence-corrected chi connectivity index (χ0v) is 16.1. The molecule has 0 N–H and O–H groups in total. The summed E-state index contributed by atoms with van der Waals surface area (Å²) in [5.41, 5.74) is 0.453. The number of hydrogen-bond acceptors (Lipinski definition) is 5. The second-order valence-electron chi connectivity index (χ2n) is 7.99. The molecule has 3 aliphatic heterocycles. The Morgan fingerprint density at radius 1 is 1.33 bits per heavy atom. The predicted octanol–water partition coefficient (Wildman–Crippen LogP) is 0.740. The van der Waals surface area contributed by atoms with Crippen molar-refractivity contribution in [2.45, 2.75) is 43.3 Å². The summed E-state index contributed by atoms with van der Waals surface area (Å²) < 4.78 is 35.3. The summed E-state index contributed by atoms with van der Waals surface area (Å²) in [6.07, 6.45) is 3.59. The SMILES string of the molecule is CC(C)N1C[C@@]23CN(C(=O)c4cnn5ccccc45)C[C@@H](C[C@@H]2S1(=O)=O)O3. The van der Waals surface area contributed by atoms with Gasteiger partial charge < -0.3 is 9.64 Å². The molecule has 5 rings (SSSR count). The molecule has 5 heterocycles. The third kappa shape index (κ3) is 2.31. The van der Waals surface area contributed by atoms with Crippen LogP contribution in [0.2, 0.25) is 0 Å². The van der Waals surface area contributed by atoms with Gasteiger partial charge in [-0.1, -0.05) is 6.07 Å². The van der Waals surface area contributed by atoms with Gasteiger partial charge in [0.05, 0.1) is 29.9 Å². The van der Waals surface area contributed by atoms with Gasteiger partial charge in [0.1, 0.15) is 10.9 Å². The van der Waals surface area contributed by atoms with Crippen LogP contribution in [0.5, 0.6) is 0 Å². The minimum absolute atomic E-state index is 0.120. The first kappa shape index (κ1) is 17.2. The van der Waals surface area contributed by atoms with Crippen molar-refractivity contribution in [3.05, 3.63) is 36.2 Å². The van der Waals surface area contributed by atoms with Crippen LogP contribution in [-0.4, -0.2) is 75.8 Å². The Morgan fingerprint density at radius 2 is 2.15 bits per heavy atom. The molecule has 8 nitrogen and oxygen atoms in total. The van der Waals surface area contributed by atoms with Crippen LogP contribution < -0.4 is 0 Å². The Labute approximate surface area is 157 Å². The fraction of sp³-hybridized carbons (Fsp3) is 0.556. The first-order valence-corrected chi connectivity index (χ1v) is 10.7. The lowest BCUT2D eigenvalue weighted by atomic mass is 9.99. The van der Waals surface area contributed by atoms with Crippen LogP contribution in [0.1, 0.15) is 30.6 Å². The fourth-order valence-electron chi connectivity index (χ4n) is 4.79. The summed E-state index contributed by atoms with van der Waals surface area (Å²) in [6, 6.07) is 5.46. The van der Waals surface area contributed by atoms with Gasteiger partial charge in [0.2, 0.25) is 10.0 Å². The number of nitrogens with zero attached hydrogens (tertiary/aromatic N) is 4. The van der Waals surface area contributed by atoms with E-state index in [1.165, 1.54) is 4.31 Å². The van der Waals surface area contributed by atoms with Crippen LogP contribution in [0, 0.1) is 0 Å². The molecule has 144 valence electrons. The Balaban J connectivity index is 1.49. The Morgan fingerprint density at radius 3 is 2.93 bits per heavy atom. The summed E-state index contributed by atoms with van der Waals surface area (Å²) in [5, 5.41) is 3.67. The highest BCUT2D eigenvalue weighted by Gasteiger charge is 2.66. The summed E-state index contributed by atoms with van der Waals surface area (Å²) in [5.74, 6) is -0.120. The van der Waals surface area contributed by atoms with Crippen LogP contribution in [-0.2, 0) is 14.8 Å². The summed E-state index contributed by atoms with van der Waals surface area (Å²) in [6.45, 7) is 4.76. The zero-order chi connectivity index (χ0) is 19.0. The molecule has 3 saturated heterocycles. The van der Waals surface area contributed by atoms with E-state index in [-0.39, 0.29) is 18.1 Å². The van der Waals surface area contributed by atoms with Gasteiger partial charge in [0, 0.05) is 25.3 Å². The van der Waals surface area contributed by atoms with E-state index in [9.17, 15) is 13.2 Å². The van der Waals surface area contributed by atoms with Crippen molar-refractivity contribution in [1.82, 2.24) is 18.8 Å². The van der Waals surface area contributed by atoms with Gasteiger partial charge in [-0.15, -0.1) is 0 Å². The quantitative estimate of drug-likeness (QED) is 0.755. The number of likely N-dealkylation sites (tertiary alicyclic amines) is 1. The number of hydrogen-bond donors (Lipinski definition) is 0. The molecule has 27 heavy (non-hydrogen) atoms. The van der Waals surface area contributed by atoms with E-state index in [0.29, 0.717) is 31.6 Å². The maximum atomic E-state index is 13.2. The lowest BCUT2D eigenvalue weighted by Gasteiger charge is -2.39. The molecular weight excluding hydrogens is 368 g/mol. The van der Waals surface area contributed by atoms with E-state index in [1.54, 1.807) is 21.8 Å². The molecule has 3 atom stereocenters. The number of fused-ring (bicyclic) bond motifs is 2. The molecule has 0 unspecified atom stereocenters. The number of pyridine rings is 1. The molecule has 3 fully saturated rings. The molecule has 2 bridgehead atoms. The van der Waals surface area contributed by atoms with Crippen LogP contribution in [0.4, 0.5) is 0 Å². The summed E-state index contributed by atoms with van der Waals surface area (Å²) in [7, 11) is -3.41. The number of aromatic nitrogens is 2. The van der Waals surface area contributed by atoms with Gasteiger partial charge in [-0.3, -0.25) is 4.79 Å². The molecule has 2 aromatic heterocycles. The third-order valence-electron chi connectivity index (χ3n) is 5.98. The molecule has 0 aromatic carbocycles. The molecule has 0 saturated carbocycles. The second kappa shape index (κ2) is 5.52. The summed E-state index contributed by atoms with van der Waals surface area (Å²) >= 11 is 0. The minimum atomic E-state index is -3.41. The van der Waals surface area contributed by atoms with E-state index >= 15 is 0 Å². The smallest absolute Gasteiger partial charge is 0.257 e. The van der Waals surface area contributed by atoms with E-state index < -0.39 is 20.9 Å². The highest BCUT2D eigenvalue weighted by atomic mass is 32.2. The van der Waals surface area contributed by atoms with E-state index in [4.69, 9.17) is 4.74 Å². The topological polar surface area (TPSA) is 84.2 Å². The number of rotatable bonds is 2. The van der Waals surface area contributed by atoms with Crippen molar-refractivity contribution in [3.63, 3.8) is 0 Å². The standard InChI is InChI=1S/C18H22N4O4S/c1-12(2)22-11-18-10-20(9-13(26-18)7-16(18)27(22,24)25)17(23)14-8-19-21-6-4-3-5-15(14)21/h3-6,8,12-13,16H,7,9-11H2,1-2H3/t13-,16+,18+/m1/s1. The first-order valence-electron chi connectivity index (χ1n) is 9.22. The Hall–Kier alpha value is -1.97. The van der Waals surface area contributed by atoms with Crippen LogP contribution in [0.15, 0.2) is 30.6 Å². The maximum Gasteiger partial charge on any atom is 0.257 e. The Bertz CT molecular complexity index is 1030. The van der Waals surface area contributed by atoms with E-state index in [1.807, 2.05) is 32.0 Å². The highest BCUT2D eigenvalue weighted by molar-refractivity contribution is 7.90. The molecule has 9 heteroatoms. The van der Waals surface area contributed by atoms with Gasteiger partial charge in [-0.25, -0.2) is 12.9 Å². The van der Waals surface area contributed by atoms with Crippen LogP contribution in [0.3, 0.4) is 0 Å². The molecular formula is C18H22N4O4S. The molecule has 2 aromatic rings. The van der Waals surface area contributed by atoms with Gasteiger partial charge >= 0.3 is 0 Å². The third-order valence-corrected chi connectivity index (χ3v) is 8.52. The van der Waals surface area contributed by atoms with Crippen molar-refractivity contribution in [1.29, 1.82) is 0 Å². The monoisotopic (exact) mass is 390 g/mol. The van der Waals surface area contributed by atoms with Crippen LogP contribution >= 0.6 is 0 Å². The Kier molecular flexibility index (Phi) is 3.51. The predicted molar refractivity (Wildman–Crippen MR) is 97.9 cm³/mol.